The van der Waals surface area contributed by atoms with Gasteiger partial charge in [-0.15, -0.1) is 0 Å². The van der Waals surface area contributed by atoms with E-state index in [2.05, 4.69) is 10.3 Å². The topological polar surface area (TPSA) is 71.5 Å². The summed E-state index contributed by atoms with van der Waals surface area (Å²) < 4.78 is 42.1. The number of alkyl halides is 3. The summed E-state index contributed by atoms with van der Waals surface area (Å²) >= 11 is 0. The highest BCUT2D eigenvalue weighted by Crippen LogP contribution is 2.35. The number of benzene rings is 1. The number of anilines is 1. The highest BCUT2D eigenvalue weighted by Gasteiger charge is 2.34. The molecule has 6 nitrogen and oxygen atoms in total. The molecule has 0 spiro atoms. The maximum atomic E-state index is 13.0. The summed E-state index contributed by atoms with van der Waals surface area (Å²) in [6, 6.07) is 6.13. The van der Waals surface area contributed by atoms with Gasteiger partial charge < -0.3 is 15.0 Å². The predicted octanol–water partition coefficient (Wildman–Crippen LogP) is 4.64. The molecule has 31 heavy (non-hydrogen) atoms. The molecular weight excluding hydrogens is 411 g/mol. The largest absolute Gasteiger partial charge is 0.484 e. The number of amides is 2. The summed E-state index contributed by atoms with van der Waals surface area (Å²) in [5, 5.41) is 2.77. The van der Waals surface area contributed by atoms with Gasteiger partial charge >= 0.3 is 6.18 Å². The molecule has 1 aliphatic rings. The molecule has 1 N–H and O–H groups in total. The minimum Gasteiger partial charge on any atom is -0.484 e. The predicted molar refractivity (Wildman–Crippen MR) is 109 cm³/mol. The molecule has 2 amide bonds. The first-order chi connectivity index (χ1) is 14.5. The number of carbonyl (C=O) groups is 2. The second-order valence-corrected chi connectivity index (χ2v) is 7.87. The zero-order valence-corrected chi connectivity index (χ0v) is 17.7. The zero-order chi connectivity index (χ0) is 22.9. The molecule has 0 saturated heterocycles. The molecular formula is C22H24F3N3O3. The van der Waals surface area contributed by atoms with Crippen molar-refractivity contribution in [2.75, 3.05) is 11.9 Å². The van der Waals surface area contributed by atoms with Crippen LogP contribution in [0.1, 0.15) is 53.9 Å². The van der Waals surface area contributed by atoms with Crippen LogP contribution >= 0.6 is 0 Å². The number of nitrogens with one attached hydrogen (secondary N) is 1. The van der Waals surface area contributed by atoms with Crippen molar-refractivity contribution < 1.29 is 27.5 Å². The highest BCUT2D eigenvalue weighted by molar-refractivity contribution is 6.01. The number of aromatic nitrogens is 1. The van der Waals surface area contributed by atoms with Gasteiger partial charge in [0.2, 0.25) is 5.91 Å². The molecule has 0 fully saturated rings. The van der Waals surface area contributed by atoms with Gasteiger partial charge in [0.05, 0.1) is 12.6 Å². The van der Waals surface area contributed by atoms with Crippen LogP contribution in [-0.2, 0) is 11.3 Å². The van der Waals surface area contributed by atoms with E-state index in [1.54, 1.807) is 43.9 Å². The van der Waals surface area contributed by atoms with Gasteiger partial charge in [0.15, 0.2) is 6.61 Å². The lowest BCUT2D eigenvalue weighted by atomic mass is 10.0. The second kappa shape index (κ2) is 8.56. The molecule has 2 heterocycles. The summed E-state index contributed by atoms with van der Waals surface area (Å²) in [5.41, 5.74) is 2.43. The van der Waals surface area contributed by atoms with E-state index in [1.165, 1.54) is 12.3 Å². The summed E-state index contributed by atoms with van der Waals surface area (Å²) in [4.78, 5) is 30.9. The number of rotatable bonds is 6. The fourth-order valence-corrected chi connectivity index (χ4v) is 3.37. The molecule has 166 valence electrons. The first kappa shape index (κ1) is 22.6. The molecule has 1 unspecified atom stereocenters. The van der Waals surface area contributed by atoms with Gasteiger partial charge in [0, 0.05) is 23.2 Å². The lowest BCUT2D eigenvalue weighted by Crippen LogP contribution is -2.27. The van der Waals surface area contributed by atoms with Crippen LogP contribution in [0.4, 0.5) is 19.0 Å². The average Bonchev–Trinajstić information content (AvgIpc) is 3.03. The SMILES string of the molecule is Cc1cc(C(C)N2Cc3c(ccnc3NC(=O)C(C)C)C2=O)ccc1OCC(F)(F)F. The zero-order valence-electron chi connectivity index (χ0n) is 17.7. The third-order valence-electron chi connectivity index (χ3n) is 5.18. The van der Waals surface area contributed by atoms with Gasteiger partial charge in [-0.2, -0.15) is 13.2 Å². The normalized spacial score (nSPS) is 14.6. The molecule has 0 saturated carbocycles. The summed E-state index contributed by atoms with van der Waals surface area (Å²) in [7, 11) is 0. The smallest absolute Gasteiger partial charge is 0.422 e. The molecule has 1 aromatic heterocycles. The first-order valence-electron chi connectivity index (χ1n) is 9.87. The highest BCUT2D eigenvalue weighted by atomic mass is 19.4. The average molecular weight is 435 g/mol. The Morgan fingerprint density at radius 1 is 1.26 bits per heavy atom. The van der Waals surface area contributed by atoms with Gasteiger partial charge in [-0.25, -0.2) is 4.98 Å². The maximum absolute atomic E-state index is 13.0. The molecule has 0 bridgehead atoms. The summed E-state index contributed by atoms with van der Waals surface area (Å²) in [6.07, 6.45) is -2.93. The molecule has 1 aliphatic heterocycles. The van der Waals surface area contributed by atoms with Crippen molar-refractivity contribution in [3.8, 4) is 5.75 Å². The van der Waals surface area contributed by atoms with Crippen LogP contribution in [0.15, 0.2) is 30.5 Å². The van der Waals surface area contributed by atoms with E-state index in [-0.39, 0.29) is 36.1 Å². The van der Waals surface area contributed by atoms with Gasteiger partial charge in [0.1, 0.15) is 11.6 Å². The van der Waals surface area contributed by atoms with E-state index < -0.39 is 12.8 Å². The Kier molecular flexibility index (Phi) is 6.24. The minimum atomic E-state index is -4.41. The van der Waals surface area contributed by atoms with Crippen molar-refractivity contribution in [3.63, 3.8) is 0 Å². The summed E-state index contributed by atoms with van der Waals surface area (Å²) in [6.45, 7) is 5.94. The van der Waals surface area contributed by atoms with Gasteiger partial charge in [-0.1, -0.05) is 26.0 Å². The number of ether oxygens (including phenoxy) is 1. The van der Waals surface area contributed by atoms with Crippen molar-refractivity contribution in [2.24, 2.45) is 5.92 Å². The molecule has 0 radical (unpaired) electrons. The van der Waals surface area contributed by atoms with Gasteiger partial charge in [-0.3, -0.25) is 9.59 Å². The monoisotopic (exact) mass is 435 g/mol. The Bertz CT molecular complexity index is 1010. The van der Waals surface area contributed by atoms with Crippen molar-refractivity contribution in [3.05, 3.63) is 52.7 Å². The molecule has 3 rings (SSSR count). The van der Waals surface area contributed by atoms with Crippen LogP contribution in [0.25, 0.3) is 0 Å². The standard InChI is InChI=1S/C22H24F3N3O3/c1-12(2)20(29)27-19-17-10-28(21(30)16(17)7-8-26-19)14(4)15-5-6-18(13(3)9-15)31-11-22(23,24)25/h5-9,12,14H,10-11H2,1-4H3,(H,26,27,29). The van der Waals surface area contributed by atoms with Crippen LogP contribution in [-0.4, -0.2) is 34.5 Å². The van der Waals surface area contributed by atoms with Crippen LogP contribution in [0.3, 0.4) is 0 Å². The molecule has 2 aromatic rings. The van der Waals surface area contributed by atoms with Crippen molar-refractivity contribution in [1.82, 2.24) is 9.88 Å². The fraction of sp³-hybridized carbons (Fsp3) is 0.409. The third kappa shape index (κ3) is 4.98. The molecule has 0 aliphatic carbocycles. The fourth-order valence-electron chi connectivity index (χ4n) is 3.37. The second-order valence-electron chi connectivity index (χ2n) is 7.87. The number of hydrogen-bond acceptors (Lipinski definition) is 4. The number of carbonyl (C=O) groups excluding carboxylic acids is 2. The van der Waals surface area contributed by atoms with E-state index in [4.69, 9.17) is 4.74 Å². The molecule has 1 aromatic carbocycles. The van der Waals surface area contributed by atoms with Crippen LogP contribution in [0.2, 0.25) is 0 Å². The molecule has 9 heteroatoms. The van der Waals surface area contributed by atoms with Crippen LogP contribution in [0, 0.1) is 12.8 Å². The Hall–Kier alpha value is -3.10. The Morgan fingerprint density at radius 2 is 1.97 bits per heavy atom. The van der Waals surface area contributed by atoms with E-state index >= 15 is 0 Å². The van der Waals surface area contributed by atoms with Crippen LogP contribution < -0.4 is 10.1 Å². The van der Waals surface area contributed by atoms with E-state index in [0.29, 0.717) is 22.5 Å². The van der Waals surface area contributed by atoms with E-state index in [0.717, 1.165) is 5.56 Å². The van der Waals surface area contributed by atoms with Gasteiger partial charge in [-0.05, 0) is 37.1 Å². The van der Waals surface area contributed by atoms with Crippen molar-refractivity contribution in [2.45, 2.75) is 46.5 Å². The number of aryl methyl sites for hydroxylation is 1. The third-order valence-corrected chi connectivity index (χ3v) is 5.18. The maximum Gasteiger partial charge on any atom is 0.422 e. The Balaban J connectivity index is 1.80. The van der Waals surface area contributed by atoms with E-state index in [9.17, 15) is 22.8 Å². The van der Waals surface area contributed by atoms with Gasteiger partial charge in [0.25, 0.3) is 5.91 Å². The Morgan fingerprint density at radius 3 is 2.58 bits per heavy atom. The number of halogens is 3. The number of hydrogen-bond donors (Lipinski definition) is 1. The molecule has 1 atom stereocenters. The summed E-state index contributed by atoms with van der Waals surface area (Å²) in [5.74, 6) is -0.103. The number of nitrogens with zero attached hydrogens (tertiary/aromatic N) is 2. The van der Waals surface area contributed by atoms with E-state index in [1.807, 2.05) is 6.92 Å². The minimum absolute atomic E-state index is 0.146. The number of fused-ring (bicyclic) bond motifs is 1. The van der Waals surface area contributed by atoms with Crippen LogP contribution in [0.5, 0.6) is 5.75 Å². The quantitative estimate of drug-likeness (QED) is 0.718. The lowest BCUT2D eigenvalue weighted by Gasteiger charge is -2.25. The Labute approximate surface area is 178 Å². The van der Waals surface area contributed by atoms with Crippen molar-refractivity contribution >= 4 is 17.6 Å². The van der Waals surface area contributed by atoms with Crippen molar-refractivity contribution in [1.29, 1.82) is 0 Å². The first-order valence-corrected chi connectivity index (χ1v) is 9.87. The number of pyridine rings is 1. The lowest BCUT2D eigenvalue weighted by molar-refractivity contribution is -0.153.